The van der Waals surface area contributed by atoms with Crippen LogP contribution >= 0.6 is 0 Å². The average Bonchev–Trinajstić information content (AvgIpc) is 2.96. The molecule has 0 N–H and O–H groups in total. The first-order valence-electron chi connectivity index (χ1n) is 9.99. The van der Waals surface area contributed by atoms with Gasteiger partial charge in [-0.3, -0.25) is 4.79 Å². The van der Waals surface area contributed by atoms with E-state index in [0.29, 0.717) is 13.0 Å². The zero-order valence-corrected chi connectivity index (χ0v) is 16.2. The number of rotatable bonds is 7. The van der Waals surface area contributed by atoms with Crippen LogP contribution in [0.3, 0.4) is 0 Å². The fraction of sp³-hybridized carbons (Fsp3) is 0.435. The standard InChI is InChI=1S/C23H30N2O2/c1-2-23(26)25(21-12-7-4-8-13-21)19-22-18-24(15-9-17-27-22)16-14-20-10-5-3-6-11-20/h3-8,10-13,22H,2,9,14-19H2,1H3/t22-/m0/s1. The number of carbonyl (C=O) groups is 1. The van der Waals surface area contributed by atoms with Crippen LogP contribution in [-0.4, -0.2) is 49.7 Å². The van der Waals surface area contributed by atoms with Gasteiger partial charge in [-0.25, -0.2) is 0 Å². The monoisotopic (exact) mass is 366 g/mol. The second kappa shape index (κ2) is 10.2. The molecule has 1 atom stereocenters. The lowest BCUT2D eigenvalue weighted by Gasteiger charge is -2.29. The molecular formula is C23H30N2O2. The fourth-order valence-electron chi connectivity index (χ4n) is 3.57. The Hall–Kier alpha value is -2.17. The van der Waals surface area contributed by atoms with Crippen LogP contribution < -0.4 is 4.90 Å². The second-order valence-electron chi connectivity index (χ2n) is 7.08. The molecule has 2 aromatic carbocycles. The molecule has 1 heterocycles. The maximum atomic E-state index is 12.5. The van der Waals surface area contributed by atoms with Crippen molar-refractivity contribution >= 4 is 11.6 Å². The molecule has 1 aliphatic heterocycles. The van der Waals surface area contributed by atoms with E-state index in [0.717, 1.165) is 44.8 Å². The number of benzene rings is 2. The highest BCUT2D eigenvalue weighted by Gasteiger charge is 2.24. The molecule has 0 spiro atoms. The first-order chi connectivity index (χ1) is 13.3. The first kappa shape index (κ1) is 19.6. The number of hydrogen-bond acceptors (Lipinski definition) is 3. The van der Waals surface area contributed by atoms with Crippen molar-refractivity contribution in [1.29, 1.82) is 0 Å². The summed E-state index contributed by atoms with van der Waals surface area (Å²) in [6.45, 7) is 6.23. The Kier molecular flexibility index (Phi) is 7.43. The zero-order chi connectivity index (χ0) is 18.9. The lowest BCUT2D eigenvalue weighted by Crippen LogP contribution is -2.43. The molecule has 0 aromatic heterocycles. The highest BCUT2D eigenvalue weighted by atomic mass is 16.5. The lowest BCUT2D eigenvalue weighted by atomic mass is 10.1. The Morgan fingerprint density at radius 3 is 2.52 bits per heavy atom. The molecule has 2 aromatic rings. The molecule has 0 saturated carbocycles. The summed E-state index contributed by atoms with van der Waals surface area (Å²) in [6, 6.07) is 20.5. The van der Waals surface area contributed by atoms with Crippen LogP contribution in [0.15, 0.2) is 60.7 Å². The van der Waals surface area contributed by atoms with Gasteiger partial charge in [-0.05, 0) is 30.5 Å². The molecule has 0 aliphatic carbocycles. The molecule has 1 fully saturated rings. The van der Waals surface area contributed by atoms with Gasteiger partial charge in [-0.1, -0.05) is 55.5 Å². The van der Waals surface area contributed by atoms with Crippen molar-refractivity contribution in [3.05, 3.63) is 66.2 Å². The highest BCUT2D eigenvalue weighted by molar-refractivity contribution is 5.93. The maximum Gasteiger partial charge on any atom is 0.226 e. The Balaban J connectivity index is 1.62. The summed E-state index contributed by atoms with van der Waals surface area (Å²) in [5.41, 5.74) is 2.32. The molecule has 1 aliphatic rings. The van der Waals surface area contributed by atoms with E-state index in [1.165, 1.54) is 5.56 Å². The van der Waals surface area contributed by atoms with Gasteiger partial charge in [0.25, 0.3) is 0 Å². The van der Waals surface area contributed by atoms with Crippen molar-refractivity contribution in [1.82, 2.24) is 4.90 Å². The van der Waals surface area contributed by atoms with Gasteiger partial charge in [-0.15, -0.1) is 0 Å². The minimum Gasteiger partial charge on any atom is -0.375 e. The van der Waals surface area contributed by atoms with Crippen LogP contribution in [0.2, 0.25) is 0 Å². The third kappa shape index (κ3) is 5.91. The first-order valence-corrected chi connectivity index (χ1v) is 9.99. The van der Waals surface area contributed by atoms with Crippen molar-refractivity contribution in [2.24, 2.45) is 0 Å². The summed E-state index contributed by atoms with van der Waals surface area (Å²) in [5.74, 6) is 0.143. The van der Waals surface area contributed by atoms with Crippen molar-refractivity contribution in [2.45, 2.75) is 32.3 Å². The Bertz CT molecular complexity index is 690. The largest absolute Gasteiger partial charge is 0.375 e. The molecule has 27 heavy (non-hydrogen) atoms. The lowest BCUT2D eigenvalue weighted by molar-refractivity contribution is -0.118. The van der Waals surface area contributed by atoms with Gasteiger partial charge >= 0.3 is 0 Å². The predicted molar refractivity (Wildman–Crippen MR) is 110 cm³/mol. The molecule has 1 saturated heterocycles. The maximum absolute atomic E-state index is 12.5. The van der Waals surface area contributed by atoms with E-state index in [-0.39, 0.29) is 12.0 Å². The molecule has 4 heteroatoms. The molecule has 0 unspecified atom stereocenters. The van der Waals surface area contributed by atoms with Crippen LogP contribution in [0.1, 0.15) is 25.3 Å². The van der Waals surface area contributed by atoms with Crippen molar-refractivity contribution in [3.63, 3.8) is 0 Å². The highest BCUT2D eigenvalue weighted by Crippen LogP contribution is 2.17. The van der Waals surface area contributed by atoms with Gasteiger partial charge in [0, 0.05) is 38.3 Å². The summed E-state index contributed by atoms with van der Waals surface area (Å²) in [7, 11) is 0. The molecular weight excluding hydrogens is 336 g/mol. The molecule has 144 valence electrons. The number of para-hydroxylation sites is 1. The number of nitrogens with zero attached hydrogens (tertiary/aromatic N) is 2. The fourth-order valence-corrected chi connectivity index (χ4v) is 3.57. The number of ether oxygens (including phenoxy) is 1. The van der Waals surface area contributed by atoms with E-state index in [9.17, 15) is 4.79 Å². The van der Waals surface area contributed by atoms with E-state index in [4.69, 9.17) is 4.74 Å². The number of hydrogen-bond donors (Lipinski definition) is 0. The quantitative estimate of drug-likeness (QED) is 0.748. The summed E-state index contributed by atoms with van der Waals surface area (Å²) < 4.78 is 6.10. The minimum absolute atomic E-state index is 0.0407. The Labute approximate surface area is 162 Å². The van der Waals surface area contributed by atoms with Crippen molar-refractivity contribution in [3.8, 4) is 0 Å². The van der Waals surface area contributed by atoms with E-state index < -0.39 is 0 Å². The normalized spacial score (nSPS) is 18.0. The van der Waals surface area contributed by atoms with Crippen LogP contribution in [0.4, 0.5) is 5.69 Å². The van der Waals surface area contributed by atoms with Crippen LogP contribution in [0.5, 0.6) is 0 Å². The molecule has 1 amide bonds. The van der Waals surface area contributed by atoms with Crippen LogP contribution in [-0.2, 0) is 16.0 Å². The third-order valence-electron chi connectivity index (χ3n) is 5.05. The Morgan fingerprint density at radius 1 is 1.11 bits per heavy atom. The van der Waals surface area contributed by atoms with Crippen LogP contribution in [0.25, 0.3) is 0 Å². The number of amides is 1. The van der Waals surface area contributed by atoms with Crippen LogP contribution in [0, 0.1) is 0 Å². The van der Waals surface area contributed by atoms with E-state index >= 15 is 0 Å². The topological polar surface area (TPSA) is 32.8 Å². The van der Waals surface area contributed by atoms with Crippen molar-refractivity contribution < 1.29 is 9.53 Å². The van der Waals surface area contributed by atoms with Gasteiger partial charge in [-0.2, -0.15) is 0 Å². The van der Waals surface area contributed by atoms with Gasteiger partial charge < -0.3 is 14.5 Å². The smallest absolute Gasteiger partial charge is 0.226 e. The van der Waals surface area contributed by atoms with E-state index in [1.807, 2.05) is 42.2 Å². The summed E-state index contributed by atoms with van der Waals surface area (Å²) in [6.07, 6.45) is 2.63. The van der Waals surface area contributed by atoms with E-state index in [1.54, 1.807) is 0 Å². The number of carbonyl (C=O) groups excluding carboxylic acids is 1. The summed E-state index contributed by atoms with van der Waals surface area (Å²) >= 11 is 0. The molecule has 0 bridgehead atoms. The molecule has 0 radical (unpaired) electrons. The Morgan fingerprint density at radius 2 is 1.81 bits per heavy atom. The van der Waals surface area contributed by atoms with E-state index in [2.05, 4.69) is 35.2 Å². The van der Waals surface area contributed by atoms with Gasteiger partial charge in [0.1, 0.15) is 0 Å². The minimum atomic E-state index is 0.0407. The van der Waals surface area contributed by atoms with Gasteiger partial charge in [0.15, 0.2) is 0 Å². The molecule has 3 rings (SSSR count). The molecule has 4 nitrogen and oxygen atoms in total. The van der Waals surface area contributed by atoms with Crippen molar-refractivity contribution in [2.75, 3.05) is 37.7 Å². The summed E-state index contributed by atoms with van der Waals surface area (Å²) in [5, 5.41) is 0. The number of anilines is 1. The second-order valence-corrected chi connectivity index (χ2v) is 7.08. The summed E-state index contributed by atoms with van der Waals surface area (Å²) in [4.78, 5) is 16.9. The van der Waals surface area contributed by atoms with Gasteiger partial charge in [0.05, 0.1) is 12.6 Å². The average molecular weight is 367 g/mol. The zero-order valence-electron chi connectivity index (χ0n) is 16.2. The SMILES string of the molecule is CCC(=O)N(C[C@@H]1CN(CCc2ccccc2)CCCO1)c1ccccc1. The third-order valence-corrected chi connectivity index (χ3v) is 5.05. The predicted octanol–water partition coefficient (Wildman–Crippen LogP) is 3.76. The van der Waals surface area contributed by atoms with Gasteiger partial charge in [0.2, 0.25) is 5.91 Å².